The van der Waals surface area contributed by atoms with Crippen molar-refractivity contribution in [3.05, 3.63) is 41.0 Å². The molecule has 5 aliphatic rings. The third kappa shape index (κ3) is 7.41. The van der Waals surface area contributed by atoms with Gasteiger partial charge in [-0.3, -0.25) is 19.3 Å². The Labute approximate surface area is 356 Å². The first-order valence-electron chi connectivity index (χ1n) is 20.5. The average Bonchev–Trinajstić information content (AvgIpc) is 3.50. The number of benzene rings is 1. The maximum Gasteiger partial charge on any atom is 0.412 e. The van der Waals surface area contributed by atoms with Crippen molar-refractivity contribution in [1.29, 1.82) is 0 Å². The summed E-state index contributed by atoms with van der Waals surface area (Å²) in [6, 6.07) is 6.01. The average molecular weight is 860 g/mol. The Morgan fingerprint density at radius 3 is 2.20 bits per heavy atom. The van der Waals surface area contributed by atoms with Crippen LogP contribution in [0, 0.1) is 22.7 Å². The predicted octanol–water partition coefficient (Wildman–Crippen LogP) is 5.69. The van der Waals surface area contributed by atoms with Gasteiger partial charge in [-0.1, -0.05) is 32.9 Å². The Morgan fingerprint density at radius 1 is 1.02 bits per heavy atom. The number of esters is 3. The van der Waals surface area contributed by atoms with Crippen molar-refractivity contribution in [2.24, 2.45) is 22.7 Å². The van der Waals surface area contributed by atoms with Crippen molar-refractivity contribution >= 4 is 41.5 Å². The summed E-state index contributed by atoms with van der Waals surface area (Å²) in [5.41, 5.74) is -5.45. The van der Waals surface area contributed by atoms with Crippen LogP contribution in [0.2, 0.25) is 0 Å². The van der Waals surface area contributed by atoms with Gasteiger partial charge in [0.05, 0.1) is 42.8 Å². The first kappa shape index (κ1) is 45.8. The number of rotatable bonds is 9. The number of amides is 1. The standard InChI is InChI=1S/C44H61NO14S/c1-22-29(56-38(49)33-24(3)45(39(50)59-40(6,7)8)37(57-33)27-14-16-28(52-12)17-15-27)19-44(51)23(2)35-42(11,36(48)34(55-25(4)46)32(22)41(44,9)10)30(54-21-60-13)18-31-43(35,20-53-31)58-26(5)47/h14-17,23-24,29-31,33-35,37,51H,18-21H2,1-13H3/t23-,24-,29?,30?,31?,33?,34?,35?,37+,42+,43-,44?/m0/s1. The lowest BCUT2D eigenvalue weighted by molar-refractivity contribution is -0.340. The van der Waals surface area contributed by atoms with E-state index >= 15 is 4.79 Å². The summed E-state index contributed by atoms with van der Waals surface area (Å²) in [5.74, 6) is -3.56. The molecule has 332 valence electrons. The van der Waals surface area contributed by atoms with E-state index in [-0.39, 0.29) is 25.4 Å². The molecule has 0 aromatic heterocycles. The fourth-order valence-corrected chi connectivity index (χ4v) is 11.1. The Morgan fingerprint density at radius 2 is 1.67 bits per heavy atom. The van der Waals surface area contributed by atoms with Crippen LogP contribution in [0.15, 0.2) is 35.4 Å². The van der Waals surface area contributed by atoms with Crippen molar-refractivity contribution < 1.29 is 67.0 Å². The van der Waals surface area contributed by atoms with E-state index in [2.05, 4.69) is 0 Å². The lowest BCUT2D eigenvalue weighted by atomic mass is 9.42. The van der Waals surface area contributed by atoms with Gasteiger partial charge in [0.2, 0.25) is 0 Å². The molecular formula is C44H61NO14S. The molecule has 2 aliphatic heterocycles. The summed E-state index contributed by atoms with van der Waals surface area (Å²) >= 11 is 1.43. The van der Waals surface area contributed by atoms with Crippen LogP contribution in [-0.4, -0.2) is 119 Å². The number of ether oxygens (including phenoxy) is 8. The fraction of sp³-hybridized carbons (Fsp3) is 0.705. The van der Waals surface area contributed by atoms with Crippen molar-refractivity contribution in [1.82, 2.24) is 4.90 Å². The first-order chi connectivity index (χ1) is 27.9. The highest BCUT2D eigenvalue weighted by atomic mass is 32.2. The lowest BCUT2D eigenvalue weighted by Crippen LogP contribution is -2.80. The highest BCUT2D eigenvalue weighted by Crippen LogP contribution is 2.66. The van der Waals surface area contributed by atoms with Crippen LogP contribution in [0.3, 0.4) is 0 Å². The van der Waals surface area contributed by atoms with Gasteiger partial charge in [0, 0.05) is 43.6 Å². The zero-order valence-corrected chi connectivity index (χ0v) is 37.8. The van der Waals surface area contributed by atoms with Gasteiger partial charge in [-0.05, 0) is 77.0 Å². The molecule has 1 aromatic rings. The molecule has 6 rings (SSSR count). The van der Waals surface area contributed by atoms with E-state index in [9.17, 15) is 24.3 Å². The fourth-order valence-electron chi connectivity index (χ4n) is 10.8. The highest BCUT2D eigenvalue weighted by Gasteiger charge is 2.76. The Bertz CT molecular complexity index is 1910. The van der Waals surface area contributed by atoms with Gasteiger partial charge in [0.1, 0.15) is 23.6 Å². The molecule has 0 radical (unpaired) electrons. The summed E-state index contributed by atoms with van der Waals surface area (Å²) in [7, 11) is 1.54. The third-order valence-corrected chi connectivity index (χ3v) is 14.0. The Balaban J connectivity index is 1.46. The molecule has 15 nitrogen and oxygen atoms in total. The van der Waals surface area contributed by atoms with Crippen LogP contribution in [0.1, 0.15) is 101 Å². The summed E-state index contributed by atoms with van der Waals surface area (Å²) in [4.78, 5) is 71.2. The topological polar surface area (TPSA) is 183 Å². The minimum absolute atomic E-state index is 0.0281. The number of hydrogen-bond donors (Lipinski definition) is 1. The van der Waals surface area contributed by atoms with E-state index in [1.165, 1.54) is 37.6 Å². The quantitative estimate of drug-likeness (QED) is 0.138. The zero-order chi connectivity index (χ0) is 44.5. The smallest absolute Gasteiger partial charge is 0.412 e. The molecular weight excluding hydrogens is 799 g/mol. The van der Waals surface area contributed by atoms with E-state index in [0.717, 1.165) is 0 Å². The summed E-state index contributed by atoms with van der Waals surface area (Å²) in [6.07, 6.45) is -5.23. The number of aliphatic hydroxyl groups is 1. The predicted molar refractivity (Wildman–Crippen MR) is 218 cm³/mol. The number of hydrogen-bond acceptors (Lipinski definition) is 15. The molecule has 1 N–H and O–H groups in total. The minimum atomic E-state index is -1.79. The lowest BCUT2D eigenvalue weighted by Gasteiger charge is -2.68. The molecule has 2 saturated carbocycles. The maximum absolute atomic E-state index is 15.6. The van der Waals surface area contributed by atoms with Gasteiger partial charge in [0.25, 0.3) is 0 Å². The second-order valence-electron chi connectivity index (χ2n) is 18.6. The Kier molecular flexibility index (Phi) is 12.4. The summed E-state index contributed by atoms with van der Waals surface area (Å²) in [5, 5.41) is 13.5. The second-order valence-corrected chi connectivity index (χ2v) is 19.4. The third-order valence-electron chi connectivity index (χ3n) is 13.7. The molecule has 2 saturated heterocycles. The molecule has 12 atom stereocenters. The van der Waals surface area contributed by atoms with Crippen LogP contribution in [-0.2, 0) is 52.3 Å². The number of carbonyl (C=O) groups is 5. The van der Waals surface area contributed by atoms with E-state index in [4.69, 9.17) is 37.9 Å². The zero-order valence-electron chi connectivity index (χ0n) is 36.9. The normalized spacial score (nSPS) is 37.1. The number of nitrogens with zero attached hydrogens (tertiary/aromatic N) is 1. The largest absolute Gasteiger partial charge is 0.497 e. The number of carbonyl (C=O) groups excluding carboxylic acids is 5. The number of Topliss-reactive ketones (excluding diaryl/α,β-unsaturated/α-hetero) is 1. The van der Waals surface area contributed by atoms with Crippen LogP contribution in [0.25, 0.3) is 0 Å². The van der Waals surface area contributed by atoms with Crippen molar-refractivity contribution in [3.63, 3.8) is 0 Å². The molecule has 3 aliphatic carbocycles. The minimum Gasteiger partial charge on any atom is -0.497 e. The second kappa shape index (κ2) is 16.2. The van der Waals surface area contributed by atoms with Crippen LogP contribution in [0.4, 0.5) is 4.79 Å². The molecule has 16 heteroatoms. The molecule has 1 amide bonds. The summed E-state index contributed by atoms with van der Waals surface area (Å²) < 4.78 is 48.5. The van der Waals surface area contributed by atoms with E-state index in [1.807, 2.05) is 13.2 Å². The molecule has 60 heavy (non-hydrogen) atoms. The van der Waals surface area contributed by atoms with Gasteiger partial charge in [-0.25, -0.2) is 9.59 Å². The first-order valence-corrected chi connectivity index (χ1v) is 21.9. The monoisotopic (exact) mass is 859 g/mol. The Hall–Kier alpha value is -3.70. The van der Waals surface area contributed by atoms with E-state index in [0.29, 0.717) is 22.5 Å². The van der Waals surface area contributed by atoms with E-state index < -0.39 is 112 Å². The molecule has 4 fully saturated rings. The van der Waals surface area contributed by atoms with Gasteiger partial charge < -0.3 is 43.0 Å². The number of methoxy groups -OCH3 is 1. The molecule has 2 bridgehead atoms. The highest BCUT2D eigenvalue weighted by molar-refractivity contribution is 7.98. The van der Waals surface area contributed by atoms with Crippen molar-refractivity contribution in [2.75, 3.05) is 25.9 Å². The summed E-state index contributed by atoms with van der Waals surface area (Å²) in [6.45, 7) is 18.2. The number of ketones is 1. The molecule has 2 heterocycles. The molecule has 0 spiro atoms. The van der Waals surface area contributed by atoms with Crippen molar-refractivity contribution in [3.8, 4) is 5.75 Å². The van der Waals surface area contributed by atoms with Crippen LogP contribution < -0.4 is 4.74 Å². The van der Waals surface area contributed by atoms with E-state index in [1.54, 1.807) is 79.7 Å². The van der Waals surface area contributed by atoms with Gasteiger partial charge >= 0.3 is 24.0 Å². The maximum atomic E-state index is 15.6. The van der Waals surface area contributed by atoms with Crippen LogP contribution >= 0.6 is 11.8 Å². The van der Waals surface area contributed by atoms with Crippen LogP contribution in [0.5, 0.6) is 5.75 Å². The van der Waals surface area contributed by atoms with Gasteiger partial charge in [-0.2, -0.15) is 0 Å². The number of fused-ring (bicyclic) bond motifs is 5. The number of thioether (sulfide) groups is 1. The molecule has 7 unspecified atom stereocenters. The van der Waals surface area contributed by atoms with Crippen molar-refractivity contribution in [2.45, 2.75) is 149 Å². The van der Waals surface area contributed by atoms with Gasteiger partial charge in [0.15, 0.2) is 29.8 Å². The molecule has 1 aromatic carbocycles. The van der Waals surface area contributed by atoms with Gasteiger partial charge in [-0.15, -0.1) is 11.8 Å². The SMILES string of the molecule is COc1ccc([C@H]2OC(C(=O)OC3CC4(O)[C@@H](C)C5[C@]6(OC(C)=O)COC6CC(OCSC)[C@@]5(C)C(=O)C(OC(C)=O)C(=C3C)C4(C)C)[C@H](C)N2C(=O)OC(C)(C)C)cc1.